The van der Waals surface area contributed by atoms with E-state index in [4.69, 9.17) is 4.74 Å². The number of hydrogen-bond donors (Lipinski definition) is 0. The highest BCUT2D eigenvalue weighted by molar-refractivity contribution is 5.78. The maximum atomic E-state index is 12.5. The van der Waals surface area contributed by atoms with Crippen LogP contribution in [0.4, 0.5) is 0 Å². The first kappa shape index (κ1) is 16.7. The first-order valence-electron chi connectivity index (χ1n) is 8.63. The molecule has 1 fully saturated rings. The summed E-state index contributed by atoms with van der Waals surface area (Å²) in [6.07, 6.45) is 7.20. The average Bonchev–Trinajstić information content (AvgIpc) is 2.64. The van der Waals surface area contributed by atoms with Crippen LogP contribution in [0.3, 0.4) is 0 Å². The molecule has 1 amide bonds. The minimum absolute atomic E-state index is 0.153. The summed E-state index contributed by atoms with van der Waals surface area (Å²) in [5.74, 6) is 0.166. The lowest BCUT2D eigenvalue weighted by atomic mass is 10.0. The van der Waals surface area contributed by atoms with Gasteiger partial charge in [-0.15, -0.1) is 0 Å². The van der Waals surface area contributed by atoms with Gasteiger partial charge >= 0.3 is 0 Å². The molecule has 0 spiro atoms. The van der Waals surface area contributed by atoms with Crippen molar-refractivity contribution in [1.82, 2.24) is 9.88 Å². The zero-order valence-corrected chi connectivity index (χ0v) is 13.9. The summed E-state index contributed by atoms with van der Waals surface area (Å²) in [6.45, 7) is 2.02. The van der Waals surface area contributed by atoms with E-state index in [-0.39, 0.29) is 12.0 Å². The molecule has 0 N–H and O–H groups in total. The van der Waals surface area contributed by atoms with Gasteiger partial charge in [0.1, 0.15) is 0 Å². The molecular weight excluding hydrogens is 300 g/mol. The maximum absolute atomic E-state index is 12.5. The van der Waals surface area contributed by atoms with Crippen LogP contribution in [0, 0.1) is 0 Å². The number of ether oxygens (including phenoxy) is 1. The molecule has 126 valence electrons. The number of pyridine rings is 1. The number of aromatic nitrogens is 1. The Morgan fingerprint density at radius 1 is 1.17 bits per heavy atom. The summed E-state index contributed by atoms with van der Waals surface area (Å²) in [7, 11) is 0. The molecule has 1 unspecified atom stereocenters. The molecule has 3 rings (SSSR count). The SMILES string of the molecule is O=C(Cc1cccnc1)N1CCOC(CCCc2ccccc2)C1. The number of amides is 1. The Labute approximate surface area is 143 Å². The average molecular weight is 324 g/mol. The lowest BCUT2D eigenvalue weighted by Gasteiger charge is -2.33. The van der Waals surface area contributed by atoms with Crippen LogP contribution in [0.5, 0.6) is 0 Å². The molecule has 1 aromatic carbocycles. The second-order valence-electron chi connectivity index (χ2n) is 6.25. The smallest absolute Gasteiger partial charge is 0.227 e. The van der Waals surface area contributed by atoms with E-state index in [1.54, 1.807) is 12.4 Å². The van der Waals surface area contributed by atoms with E-state index in [9.17, 15) is 4.79 Å². The standard InChI is InChI=1S/C20H24N2O2/c23-20(14-18-9-5-11-21-15-18)22-12-13-24-19(16-22)10-4-8-17-6-2-1-3-7-17/h1-3,5-7,9,11,15,19H,4,8,10,12-14,16H2. The van der Waals surface area contributed by atoms with Crippen LogP contribution in [0.2, 0.25) is 0 Å². The fourth-order valence-corrected chi connectivity index (χ4v) is 3.09. The van der Waals surface area contributed by atoms with Gasteiger partial charge in [-0.1, -0.05) is 36.4 Å². The number of carbonyl (C=O) groups excluding carboxylic acids is 1. The minimum atomic E-state index is 0.153. The topological polar surface area (TPSA) is 42.4 Å². The third-order valence-electron chi connectivity index (χ3n) is 4.40. The molecule has 2 aromatic rings. The van der Waals surface area contributed by atoms with Crippen molar-refractivity contribution in [3.05, 3.63) is 66.0 Å². The fourth-order valence-electron chi connectivity index (χ4n) is 3.09. The molecule has 24 heavy (non-hydrogen) atoms. The van der Waals surface area contributed by atoms with Crippen LogP contribution in [0.25, 0.3) is 0 Å². The van der Waals surface area contributed by atoms with E-state index in [0.29, 0.717) is 26.1 Å². The first-order valence-corrected chi connectivity index (χ1v) is 8.63. The van der Waals surface area contributed by atoms with Crippen LogP contribution in [-0.4, -0.2) is 41.6 Å². The number of rotatable bonds is 6. The van der Waals surface area contributed by atoms with E-state index >= 15 is 0 Å². The van der Waals surface area contributed by atoms with E-state index in [1.165, 1.54) is 5.56 Å². The van der Waals surface area contributed by atoms with E-state index < -0.39 is 0 Å². The quantitative estimate of drug-likeness (QED) is 0.820. The molecule has 0 aliphatic carbocycles. The van der Waals surface area contributed by atoms with Gasteiger partial charge in [0.15, 0.2) is 0 Å². The normalized spacial score (nSPS) is 17.7. The van der Waals surface area contributed by atoms with Crippen molar-refractivity contribution in [2.24, 2.45) is 0 Å². The molecule has 0 bridgehead atoms. The predicted molar refractivity (Wildman–Crippen MR) is 93.6 cm³/mol. The number of benzene rings is 1. The van der Waals surface area contributed by atoms with E-state index in [2.05, 4.69) is 29.2 Å². The van der Waals surface area contributed by atoms with Crippen molar-refractivity contribution in [3.8, 4) is 0 Å². The summed E-state index contributed by atoms with van der Waals surface area (Å²) in [4.78, 5) is 18.5. The molecule has 1 aliphatic heterocycles. The Bertz CT molecular complexity index is 631. The summed E-state index contributed by atoms with van der Waals surface area (Å²) in [5.41, 5.74) is 2.33. The second kappa shape index (κ2) is 8.60. The van der Waals surface area contributed by atoms with Gasteiger partial charge in [0.25, 0.3) is 0 Å². The largest absolute Gasteiger partial charge is 0.375 e. The maximum Gasteiger partial charge on any atom is 0.227 e. The molecule has 1 saturated heterocycles. The second-order valence-corrected chi connectivity index (χ2v) is 6.25. The number of carbonyl (C=O) groups is 1. The summed E-state index contributed by atoms with van der Waals surface area (Å²) in [5, 5.41) is 0. The lowest BCUT2D eigenvalue weighted by molar-refractivity contribution is -0.138. The minimum Gasteiger partial charge on any atom is -0.375 e. The highest BCUT2D eigenvalue weighted by Gasteiger charge is 2.23. The summed E-state index contributed by atoms with van der Waals surface area (Å²) < 4.78 is 5.84. The summed E-state index contributed by atoms with van der Waals surface area (Å²) >= 11 is 0. The molecule has 0 saturated carbocycles. The third-order valence-corrected chi connectivity index (χ3v) is 4.40. The number of aryl methyl sites for hydroxylation is 1. The monoisotopic (exact) mass is 324 g/mol. The molecule has 1 aliphatic rings. The van der Waals surface area contributed by atoms with Crippen LogP contribution < -0.4 is 0 Å². The zero-order valence-electron chi connectivity index (χ0n) is 13.9. The van der Waals surface area contributed by atoms with Gasteiger partial charge in [-0.25, -0.2) is 0 Å². The van der Waals surface area contributed by atoms with Gasteiger partial charge in [0.2, 0.25) is 5.91 Å². The highest BCUT2D eigenvalue weighted by atomic mass is 16.5. The number of nitrogens with zero attached hydrogens (tertiary/aromatic N) is 2. The van der Waals surface area contributed by atoms with Crippen LogP contribution >= 0.6 is 0 Å². The van der Waals surface area contributed by atoms with Crippen LogP contribution in [-0.2, 0) is 22.4 Å². The van der Waals surface area contributed by atoms with Crippen molar-refractivity contribution in [2.75, 3.05) is 19.7 Å². The van der Waals surface area contributed by atoms with Gasteiger partial charge in [0.05, 0.1) is 19.1 Å². The van der Waals surface area contributed by atoms with Crippen molar-refractivity contribution < 1.29 is 9.53 Å². The van der Waals surface area contributed by atoms with Crippen molar-refractivity contribution in [3.63, 3.8) is 0 Å². The molecule has 4 heteroatoms. The Morgan fingerprint density at radius 2 is 2.00 bits per heavy atom. The number of hydrogen-bond acceptors (Lipinski definition) is 3. The Hall–Kier alpha value is -2.20. The van der Waals surface area contributed by atoms with Gasteiger partial charge in [-0.05, 0) is 36.5 Å². The molecule has 1 atom stereocenters. The van der Waals surface area contributed by atoms with Gasteiger partial charge in [-0.3, -0.25) is 9.78 Å². The van der Waals surface area contributed by atoms with Crippen molar-refractivity contribution in [1.29, 1.82) is 0 Å². The molecular formula is C20H24N2O2. The van der Waals surface area contributed by atoms with Crippen LogP contribution in [0.15, 0.2) is 54.9 Å². The molecule has 4 nitrogen and oxygen atoms in total. The molecule has 1 aromatic heterocycles. The number of morpholine rings is 1. The third kappa shape index (κ3) is 4.90. The Balaban J connectivity index is 1.44. The van der Waals surface area contributed by atoms with Gasteiger partial charge < -0.3 is 9.64 Å². The molecule has 2 heterocycles. The predicted octanol–water partition coefficient (Wildman–Crippen LogP) is 2.87. The first-order chi connectivity index (χ1) is 11.8. The fraction of sp³-hybridized carbons (Fsp3) is 0.400. The van der Waals surface area contributed by atoms with Gasteiger partial charge in [-0.2, -0.15) is 0 Å². The van der Waals surface area contributed by atoms with Crippen LogP contribution in [0.1, 0.15) is 24.0 Å². The van der Waals surface area contributed by atoms with Gasteiger partial charge in [0, 0.05) is 25.5 Å². The molecule has 0 radical (unpaired) electrons. The zero-order chi connectivity index (χ0) is 16.6. The Morgan fingerprint density at radius 3 is 2.79 bits per heavy atom. The highest BCUT2D eigenvalue weighted by Crippen LogP contribution is 2.14. The van der Waals surface area contributed by atoms with E-state index in [0.717, 1.165) is 24.8 Å². The Kier molecular flexibility index (Phi) is 5.96. The summed E-state index contributed by atoms with van der Waals surface area (Å²) in [6, 6.07) is 14.3. The lowest BCUT2D eigenvalue weighted by Crippen LogP contribution is -2.46. The van der Waals surface area contributed by atoms with Crippen molar-refractivity contribution in [2.45, 2.75) is 31.8 Å². The van der Waals surface area contributed by atoms with Crippen molar-refractivity contribution >= 4 is 5.91 Å². The van der Waals surface area contributed by atoms with E-state index in [1.807, 2.05) is 23.1 Å².